The van der Waals surface area contributed by atoms with Gasteiger partial charge >= 0.3 is 0 Å². The molecule has 1 aromatic heterocycles. The smallest absolute Gasteiger partial charge is 0.101 e. The molecule has 0 unspecified atom stereocenters. The third-order valence-electron chi connectivity index (χ3n) is 3.13. The summed E-state index contributed by atoms with van der Waals surface area (Å²) in [7, 11) is 2.15. The molecule has 0 saturated carbocycles. The minimum absolute atomic E-state index is 0.541. The molecule has 0 bridgehead atoms. The van der Waals surface area contributed by atoms with Gasteiger partial charge < -0.3 is 4.90 Å². The second-order valence-electron chi connectivity index (χ2n) is 4.15. The second-order valence-corrected chi connectivity index (χ2v) is 4.15. The normalized spacial score (nSPS) is 18.7. The molecule has 2 rings (SSSR count). The molecule has 0 spiro atoms. The van der Waals surface area contributed by atoms with Crippen LogP contribution in [0.1, 0.15) is 29.9 Å². The van der Waals surface area contributed by atoms with Gasteiger partial charge in [0.15, 0.2) is 0 Å². The van der Waals surface area contributed by atoms with Gasteiger partial charge in [-0.25, -0.2) is 0 Å². The predicted octanol–water partition coefficient (Wildman–Crippen LogP) is 1.76. The van der Waals surface area contributed by atoms with Crippen LogP contribution in [-0.4, -0.2) is 30.0 Å². The zero-order valence-electron chi connectivity index (χ0n) is 8.98. The Balaban J connectivity index is 2.19. The fourth-order valence-corrected chi connectivity index (χ4v) is 2.17. The zero-order chi connectivity index (χ0) is 10.7. The van der Waals surface area contributed by atoms with Crippen LogP contribution in [0.3, 0.4) is 0 Å². The Bertz CT molecular complexity index is 373. The molecule has 0 aromatic carbocycles. The first kappa shape index (κ1) is 10.1. The lowest BCUT2D eigenvalue weighted by molar-refractivity contribution is 0.255. The lowest BCUT2D eigenvalue weighted by Gasteiger charge is -2.29. The summed E-state index contributed by atoms with van der Waals surface area (Å²) in [5, 5.41) is 9.00. The molecule has 3 nitrogen and oxygen atoms in total. The van der Waals surface area contributed by atoms with Crippen molar-refractivity contribution in [3.8, 4) is 6.07 Å². The maximum atomic E-state index is 9.00. The number of hydrogen-bond donors (Lipinski definition) is 0. The van der Waals surface area contributed by atoms with E-state index in [1.807, 2.05) is 6.07 Å². The number of piperidine rings is 1. The van der Waals surface area contributed by atoms with Crippen LogP contribution in [0.4, 0.5) is 0 Å². The summed E-state index contributed by atoms with van der Waals surface area (Å²) in [5.41, 5.74) is 1.92. The van der Waals surface area contributed by atoms with Gasteiger partial charge in [0, 0.05) is 12.4 Å². The Labute approximate surface area is 90.4 Å². The highest BCUT2D eigenvalue weighted by Crippen LogP contribution is 2.28. The van der Waals surface area contributed by atoms with Gasteiger partial charge in [0.1, 0.15) is 6.07 Å². The van der Waals surface area contributed by atoms with E-state index in [-0.39, 0.29) is 0 Å². The molecule has 1 aromatic rings. The van der Waals surface area contributed by atoms with Crippen LogP contribution in [0.15, 0.2) is 18.5 Å². The molecule has 0 aliphatic carbocycles. The average molecular weight is 201 g/mol. The number of rotatable bonds is 1. The average Bonchev–Trinajstić information content (AvgIpc) is 2.30. The monoisotopic (exact) mass is 201 g/mol. The van der Waals surface area contributed by atoms with Crippen LogP contribution >= 0.6 is 0 Å². The van der Waals surface area contributed by atoms with Crippen molar-refractivity contribution in [3.63, 3.8) is 0 Å². The Morgan fingerprint density at radius 3 is 2.87 bits per heavy atom. The molecule has 1 aliphatic heterocycles. The van der Waals surface area contributed by atoms with Crippen LogP contribution in [-0.2, 0) is 0 Å². The predicted molar refractivity (Wildman–Crippen MR) is 58.4 cm³/mol. The Morgan fingerprint density at radius 2 is 2.20 bits per heavy atom. The van der Waals surface area contributed by atoms with Crippen molar-refractivity contribution in [2.75, 3.05) is 20.1 Å². The molecule has 0 radical (unpaired) electrons. The molecule has 15 heavy (non-hydrogen) atoms. The third-order valence-corrected chi connectivity index (χ3v) is 3.13. The van der Waals surface area contributed by atoms with E-state index >= 15 is 0 Å². The molecular weight excluding hydrogens is 186 g/mol. The first-order valence-corrected chi connectivity index (χ1v) is 5.34. The molecule has 78 valence electrons. The molecule has 1 fully saturated rings. The minimum atomic E-state index is 0.541. The first-order chi connectivity index (χ1) is 7.31. The van der Waals surface area contributed by atoms with Crippen molar-refractivity contribution in [3.05, 3.63) is 29.6 Å². The van der Waals surface area contributed by atoms with E-state index in [4.69, 9.17) is 5.26 Å². The largest absolute Gasteiger partial charge is 0.306 e. The SMILES string of the molecule is CN1CCC(c2ccncc2C#N)CC1. The van der Waals surface area contributed by atoms with Gasteiger partial charge in [0.2, 0.25) is 0 Å². The van der Waals surface area contributed by atoms with Gasteiger partial charge in [-0.1, -0.05) is 0 Å². The number of aromatic nitrogens is 1. The van der Waals surface area contributed by atoms with E-state index in [9.17, 15) is 0 Å². The van der Waals surface area contributed by atoms with Crippen LogP contribution in [0, 0.1) is 11.3 Å². The van der Waals surface area contributed by atoms with Crippen molar-refractivity contribution in [1.29, 1.82) is 5.26 Å². The number of hydrogen-bond acceptors (Lipinski definition) is 3. The fraction of sp³-hybridized carbons (Fsp3) is 0.500. The van der Waals surface area contributed by atoms with Crippen LogP contribution in [0.25, 0.3) is 0 Å². The summed E-state index contributed by atoms with van der Waals surface area (Å²) in [5.74, 6) is 0.541. The first-order valence-electron chi connectivity index (χ1n) is 5.34. The number of nitriles is 1. The highest BCUT2D eigenvalue weighted by Gasteiger charge is 2.20. The summed E-state index contributed by atoms with van der Waals surface area (Å²) in [6, 6.07) is 4.22. The maximum absolute atomic E-state index is 9.00. The van der Waals surface area contributed by atoms with Crippen molar-refractivity contribution >= 4 is 0 Å². The third kappa shape index (κ3) is 2.16. The highest BCUT2D eigenvalue weighted by atomic mass is 15.1. The number of nitrogens with zero attached hydrogens (tertiary/aromatic N) is 3. The fourth-order valence-electron chi connectivity index (χ4n) is 2.17. The Morgan fingerprint density at radius 1 is 1.47 bits per heavy atom. The Hall–Kier alpha value is -1.40. The van der Waals surface area contributed by atoms with Gasteiger partial charge in [-0.05, 0) is 50.5 Å². The standard InChI is InChI=1S/C12H15N3/c1-15-6-3-10(4-7-15)12-2-5-14-9-11(12)8-13/h2,5,9-10H,3-4,6-7H2,1H3. The molecular formula is C12H15N3. The summed E-state index contributed by atoms with van der Waals surface area (Å²) in [6.07, 6.45) is 5.76. The molecule has 0 amide bonds. The molecule has 1 aliphatic rings. The van der Waals surface area contributed by atoms with Crippen molar-refractivity contribution in [2.24, 2.45) is 0 Å². The molecule has 0 N–H and O–H groups in total. The lowest BCUT2D eigenvalue weighted by atomic mass is 9.88. The topological polar surface area (TPSA) is 39.9 Å². The van der Waals surface area contributed by atoms with Crippen molar-refractivity contribution in [2.45, 2.75) is 18.8 Å². The molecule has 0 atom stereocenters. The maximum Gasteiger partial charge on any atom is 0.101 e. The van der Waals surface area contributed by atoms with Crippen LogP contribution < -0.4 is 0 Å². The van der Waals surface area contributed by atoms with Gasteiger partial charge in [0.05, 0.1) is 5.56 Å². The molecule has 3 heteroatoms. The van der Waals surface area contributed by atoms with E-state index in [1.54, 1.807) is 12.4 Å². The molecule has 2 heterocycles. The Kier molecular flexibility index (Phi) is 2.98. The lowest BCUT2D eigenvalue weighted by Crippen LogP contribution is -2.29. The van der Waals surface area contributed by atoms with E-state index < -0.39 is 0 Å². The van der Waals surface area contributed by atoms with E-state index in [0.29, 0.717) is 5.92 Å². The van der Waals surface area contributed by atoms with Gasteiger partial charge in [-0.3, -0.25) is 4.98 Å². The number of pyridine rings is 1. The number of likely N-dealkylation sites (tertiary alicyclic amines) is 1. The van der Waals surface area contributed by atoms with Crippen molar-refractivity contribution < 1.29 is 0 Å². The summed E-state index contributed by atoms with van der Waals surface area (Å²) in [6.45, 7) is 2.25. The second kappa shape index (κ2) is 4.41. The summed E-state index contributed by atoms with van der Waals surface area (Å²) >= 11 is 0. The zero-order valence-corrected chi connectivity index (χ0v) is 8.98. The minimum Gasteiger partial charge on any atom is -0.306 e. The van der Waals surface area contributed by atoms with Crippen LogP contribution in [0.5, 0.6) is 0 Å². The molecule has 1 saturated heterocycles. The summed E-state index contributed by atoms with van der Waals surface area (Å²) < 4.78 is 0. The van der Waals surface area contributed by atoms with Gasteiger partial charge in [-0.2, -0.15) is 5.26 Å². The van der Waals surface area contributed by atoms with E-state index in [2.05, 4.69) is 23.0 Å². The quantitative estimate of drug-likeness (QED) is 0.695. The van der Waals surface area contributed by atoms with E-state index in [0.717, 1.165) is 31.5 Å². The highest BCUT2D eigenvalue weighted by molar-refractivity contribution is 5.37. The van der Waals surface area contributed by atoms with Gasteiger partial charge in [-0.15, -0.1) is 0 Å². The van der Waals surface area contributed by atoms with Gasteiger partial charge in [0.25, 0.3) is 0 Å². The van der Waals surface area contributed by atoms with E-state index in [1.165, 1.54) is 5.56 Å². The van der Waals surface area contributed by atoms with Crippen LogP contribution in [0.2, 0.25) is 0 Å². The van der Waals surface area contributed by atoms with Crippen molar-refractivity contribution in [1.82, 2.24) is 9.88 Å². The summed E-state index contributed by atoms with van der Waals surface area (Å²) in [4.78, 5) is 6.33.